The van der Waals surface area contributed by atoms with Crippen LogP contribution in [0.4, 0.5) is 0 Å². The summed E-state index contributed by atoms with van der Waals surface area (Å²) in [5, 5.41) is 0. The molecule has 2 nitrogen and oxygen atoms in total. The highest BCUT2D eigenvalue weighted by molar-refractivity contribution is 5.75. The molecule has 1 aliphatic carbocycles. The molecule has 0 aliphatic heterocycles. The molecule has 1 amide bonds. The van der Waals surface area contributed by atoms with Crippen LogP contribution in [0.1, 0.15) is 65.7 Å². The van der Waals surface area contributed by atoms with Gasteiger partial charge < -0.3 is 4.90 Å². The molecule has 0 saturated heterocycles. The minimum absolute atomic E-state index is 0.338. The maximum atomic E-state index is 11.9. The molecule has 1 fully saturated rings. The molecule has 1 rings (SSSR count). The smallest absolute Gasteiger partial charge is 0.222 e. The van der Waals surface area contributed by atoms with Crippen molar-refractivity contribution in [2.75, 3.05) is 13.1 Å². The van der Waals surface area contributed by atoms with E-state index >= 15 is 0 Å². The molecule has 0 unspecified atom stereocenters. The van der Waals surface area contributed by atoms with Crippen molar-refractivity contribution in [2.24, 2.45) is 11.8 Å². The largest absolute Gasteiger partial charge is 0.342 e. The van der Waals surface area contributed by atoms with Crippen LogP contribution in [0.2, 0.25) is 0 Å². The maximum absolute atomic E-state index is 11.9. The number of allylic oxidation sites excluding steroid dienone is 2. The Morgan fingerprint density at radius 3 is 2.63 bits per heavy atom. The van der Waals surface area contributed by atoms with Crippen molar-refractivity contribution in [3.8, 4) is 0 Å². The zero-order chi connectivity index (χ0) is 14.1. The Morgan fingerprint density at radius 1 is 1.21 bits per heavy atom. The first-order valence-corrected chi connectivity index (χ1v) is 8.15. The van der Waals surface area contributed by atoms with Crippen molar-refractivity contribution in [3.63, 3.8) is 0 Å². The second-order valence-corrected chi connectivity index (χ2v) is 5.76. The summed E-state index contributed by atoms with van der Waals surface area (Å²) in [6, 6.07) is 0. The lowest BCUT2D eigenvalue weighted by Crippen LogP contribution is -2.33. The highest BCUT2D eigenvalue weighted by atomic mass is 16.2. The second-order valence-electron chi connectivity index (χ2n) is 5.76. The van der Waals surface area contributed by atoms with E-state index in [4.69, 9.17) is 0 Å². The number of hydrogen-bond acceptors (Lipinski definition) is 1. The molecule has 0 aromatic heterocycles. The number of rotatable bonds is 10. The molecule has 0 radical (unpaired) electrons. The van der Waals surface area contributed by atoms with Crippen LogP contribution in [-0.2, 0) is 4.79 Å². The normalized spacial score (nSPS) is 21.8. The summed E-state index contributed by atoms with van der Waals surface area (Å²) in [6.45, 7) is 8.31. The number of carbonyl (C=O) groups is 1. The van der Waals surface area contributed by atoms with E-state index in [9.17, 15) is 4.79 Å². The fourth-order valence-electron chi connectivity index (χ4n) is 2.66. The van der Waals surface area contributed by atoms with Crippen LogP contribution in [-0.4, -0.2) is 23.9 Å². The SMILES string of the molecule is CC/C=C\CC[C@H]1C[C@H]1CN(CCCC)C(=O)CC. The lowest BCUT2D eigenvalue weighted by atomic mass is 10.1. The van der Waals surface area contributed by atoms with Crippen molar-refractivity contribution in [1.82, 2.24) is 4.90 Å². The van der Waals surface area contributed by atoms with Gasteiger partial charge in [-0.05, 0) is 43.9 Å². The molecule has 0 N–H and O–H groups in total. The predicted molar refractivity (Wildman–Crippen MR) is 82.0 cm³/mol. The third-order valence-electron chi connectivity index (χ3n) is 4.07. The molecule has 1 saturated carbocycles. The molecule has 2 heteroatoms. The van der Waals surface area contributed by atoms with Gasteiger partial charge >= 0.3 is 0 Å². The molecule has 0 aromatic rings. The van der Waals surface area contributed by atoms with E-state index in [-0.39, 0.29) is 0 Å². The van der Waals surface area contributed by atoms with Crippen LogP contribution in [0.15, 0.2) is 12.2 Å². The van der Waals surface area contributed by atoms with Gasteiger partial charge in [0.05, 0.1) is 0 Å². The van der Waals surface area contributed by atoms with Gasteiger partial charge in [-0.1, -0.05) is 39.3 Å². The average Bonchev–Trinajstić information content (AvgIpc) is 3.17. The van der Waals surface area contributed by atoms with Gasteiger partial charge in [-0.2, -0.15) is 0 Å². The van der Waals surface area contributed by atoms with Crippen molar-refractivity contribution in [3.05, 3.63) is 12.2 Å². The molecule has 19 heavy (non-hydrogen) atoms. The van der Waals surface area contributed by atoms with Gasteiger partial charge in [0, 0.05) is 19.5 Å². The monoisotopic (exact) mass is 265 g/mol. The zero-order valence-electron chi connectivity index (χ0n) is 13.0. The zero-order valence-corrected chi connectivity index (χ0v) is 13.0. The molecular weight excluding hydrogens is 234 g/mol. The highest BCUT2D eigenvalue weighted by Gasteiger charge is 2.37. The van der Waals surface area contributed by atoms with Crippen LogP contribution in [0.25, 0.3) is 0 Å². The first-order chi connectivity index (χ1) is 9.22. The molecule has 0 bridgehead atoms. The predicted octanol–water partition coefficient (Wildman–Crippen LogP) is 4.41. The van der Waals surface area contributed by atoms with Gasteiger partial charge in [0.25, 0.3) is 0 Å². The summed E-state index contributed by atoms with van der Waals surface area (Å²) >= 11 is 0. The van der Waals surface area contributed by atoms with E-state index in [0.29, 0.717) is 12.3 Å². The van der Waals surface area contributed by atoms with Crippen LogP contribution in [0, 0.1) is 11.8 Å². The Bertz CT molecular complexity index is 285. The third-order valence-corrected chi connectivity index (χ3v) is 4.07. The fraction of sp³-hybridized carbons (Fsp3) is 0.824. The van der Waals surface area contributed by atoms with Gasteiger partial charge in [0.1, 0.15) is 0 Å². The first kappa shape index (κ1) is 16.3. The van der Waals surface area contributed by atoms with Crippen LogP contribution in [0.3, 0.4) is 0 Å². The van der Waals surface area contributed by atoms with E-state index in [2.05, 4.69) is 30.9 Å². The summed E-state index contributed by atoms with van der Waals surface area (Å²) in [7, 11) is 0. The number of amides is 1. The van der Waals surface area contributed by atoms with Crippen LogP contribution in [0.5, 0.6) is 0 Å². The Kier molecular flexibility index (Phi) is 7.85. The molecule has 1 aliphatic rings. The van der Waals surface area contributed by atoms with Gasteiger partial charge in [0.15, 0.2) is 0 Å². The molecule has 0 heterocycles. The van der Waals surface area contributed by atoms with Crippen LogP contribution >= 0.6 is 0 Å². The lowest BCUT2D eigenvalue weighted by Gasteiger charge is -2.22. The highest BCUT2D eigenvalue weighted by Crippen LogP contribution is 2.42. The van der Waals surface area contributed by atoms with Gasteiger partial charge in [-0.3, -0.25) is 4.79 Å². The van der Waals surface area contributed by atoms with Crippen molar-refractivity contribution in [1.29, 1.82) is 0 Å². The van der Waals surface area contributed by atoms with Crippen molar-refractivity contribution >= 4 is 5.91 Å². The minimum Gasteiger partial charge on any atom is -0.342 e. The standard InChI is InChI=1S/C17H31NO/c1-4-7-9-10-11-15-13-16(15)14-18(12-8-5-2)17(19)6-3/h7,9,15-16H,4-6,8,10-14H2,1-3H3/b9-7-/t15-,16-/m0/s1. The Balaban J connectivity index is 2.24. The number of nitrogens with zero attached hydrogens (tertiary/aromatic N) is 1. The number of hydrogen-bond donors (Lipinski definition) is 0. The van der Waals surface area contributed by atoms with Gasteiger partial charge in [-0.15, -0.1) is 0 Å². The van der Waals surface area contributed by atoms with Crippen LogP contribution < -0.4 is 0 Å². The Labute approximate surface area is 119 Å². The Hall–Kier alpha value is -0.790. The summed E-state index contributed by atoms with van der Waals surface area (Å²) in [5.74, 6) is 1.99. The minimum atomic E-state index is 0.338. The van der Waals surface area contributed by atoms with E-state index in [0.717, 1.165) is 37.8 Å². The lowest BCUT2D eigenvalue weighted by molar-refractivity contribution is -0.131. The molecule has 0 spiro atoms. The maximum Gasteiger partial charge on any atom is 0.222 e. The van der Waals surface area contributed by atoms with Crippen molar-refractivity contribution in [2.45, 2.75) is 65.7 Å². The van der Waals surface area contributed by atoms with Gasteiger partial charge in [-0.25, -0.2) is 0 Å². The van der Waals surface area contributed by atoms with E-state index in [1.54, 1.807) is 0 Å². The molecule has 0 aromatic carbocycles. The average molecular weight is 265 g/mol. The van der Waals surface area contributed by atoms with E-state index in [1.807, 2.05) is 6.92 Å². The van der Waals surface area contributed by atoms with E-state index < -0.39 is 0 Å². The summed E-state index contributed by atoms with van der Waals surface area (Å²) in [4.78, 5) is 14.0. The first-order valence-electron chi connectivity index (χ1n) is 8.15. The third kappa shape index (κ3) is 6.26. The van der Waals surface area contributed by atoms with E-state index in [1.165, 1.54) is 25.7 Å². The quantitative estimate of drug-likeness (QED) is 0.536. The topological polar surface area (TPSA) is 20.3 Å². The molecule has 2 atom stereocenters. The summed E-state index contributed by atoms with van der Waals surface area (Å²) < 4.78 is 0. The molecule has 110 valence electrons. The van der Waals surface area contributed by atoms with Gasteiger partial charge in [0.2, 0.25) is 5.91 Å². The second kappa shape index (κ2) is 9.17. The number of unbranched alkanes of at least 4 members (excludes halogenated alkanes) is 1. The van der Waals surface area contributed by atoms with Crippen molar-refractivity contribution < 1.29 is 4.79 Å². The summed E-state index contributed by atoms with van der Waals surface area (Å²) in [6.07, 6.45) is 12.5. The molecular formula is C17H31NO. The fourth-order valence-corrected chi connectivity index (χ4v) is 2.66. The summed E-state index contributed by atoms with van der Waals surface area (Å²) in [5.41, 5.74) is 0. The number of carbonyl (C=O) groups excluding carboxylic acids is 1. The Morgan fingerprint density at radius 2 is 2.00 bits per heavy atom.